The van der Waals surface area contributed by atoms with Gasteiger partial charge in [0.1, 0.15) is 0 Å². The molecule has 0 amide bonds. The van der Waals surface area contributed by atoms with Gasteiger partial charge in [-0.05, 0) is 35.4 Å². The van der Waals surface area contributed by atoms with Crippen LogP contribution in [0.15, 0.2) is 30.3 Å². The minimum Gasteiger partial charge on any atom is -0.504 e. The molecule has 22 heavy (non-hydrogen) atoms. The van der Waals surface area contributed by atoms with E-state index in [1.807, 2.05) is 0 Å². The minimum absolute atomic E-state index is 0.0359. The van der Waals surface area contributed by atoms with Crippen LogP contribution in [0.4, 0.5) is 0 Å². The second-order valence-corrected chi connectivity index (χ2v) is 4.66. The molecule has 0 aromatic heterocycles. The minimum atomic E-state index is -0.234. The number of aliphatic hydroxyl groups excluding tert-OH is 1. The molecule has 0 unspecified atom stereocenters. The van der Waals surface area contributed by atoms with Gasteiger partial charge in [-0.25, -0.2) is 0 Å². The summed E-state index contributed by atoms with van der Waals surface area (Å²) in [7, 11) is 2.92. The average molecular weight is 302 g/mol. The number of rotatable bonds is 5. The Bertz CT molecular complexity index is 692. The Balaban J connectivity index is 2.30. The van der Waals surface area contributed by atoms with E-state index in [2.05, 4.69) is 0 Å². The molecule has 0 aliphatic heterocycles. The van der Waals surface area contributed by atoms with E-state index in [1.54, 1.807) is 36.4 Å². The molecule has 2 rings (SSSR count). The molecule has 0 spiro atoms. The largest absolute Gasteiger partial charge is 0.504 e. The summed E-state index contributed by atoms with van der Waals surface area (Å²) in [5, 5.41) is 28.9. The van der Waals surface area contributed by atoms with Crippen LogP contribution in [0.3, 0.4) is 0 Å². The van der Waals surface area contributed by atoms with Crippen molar-refractivity contribution >= 4 is 12.2 Å². The summed E-state index contributed by atoms with van der Waals surface area (Å²) >= 11 is 0. The van der Waals surface area contributed by atoms with Crippen molar-refractivity contribution in [1.82, 2.24) is 0 Å². The average Bonchev–Trinajstić information content (AvgIpc) is 2.52. The molecule has 5 nitrogen and oxygen atoms in total. The topological polar surface area (TPSA) is 79.2 Å². The van der Waals surface area contributed by atoms with Gasteiger partial charge in [0.15, 0.2) is 23.0 Å². The number of hydrogen-bond acceptors (Lipinski definition) is 5. The van der Waals surface area contributed by atoms with E-state index in [1.165, 1.54) is 20.3 Å². The van der Waals surface area contributed by atoms with E-state index < -0.39 is 0 Å². The molecule has 0 saturated carbocycles. The van der Waals surface area contributed by atoms with Crippen LogP contribution in [0.5, 0.6) is 23.0 Å². The molecule has 5 heteroatoms. The highest BCUT2D eigenvalue weighted by atomic mass is 16.5. The molecule has 0 saturated heterocycles. The van der Waals surface area contributed by atoms with Crippen molar-refractivity contribution in [2.75, 3.05) is 14.2 Å². The van der Waals surface area contributed by atoms with Crippen molar-refractivity contribution in [3.63, 3.8) is 0 Å². The lowest BCUT2D eigenvalue weighted by Crippen LogP contribution is -1.93. The molecule has 3 N–H and O–H groups in total. The molecule has 0 radical (unpaired) electrons. The highest BCUT2D eigenvalue weighted by molar-refractivity contribution is 5.72. The monoisotopic (exact) mass is 302 g/mol. The smallest absolute Gasteiger partial charge is 0.166 e. The van der Waals surface area contributed by atoms with Gasteiger partial charge >= 0.3 is 0 Å². The van der Waals surface area contributed by atoms with Crippen molar-refractivity contribution < 1.29 is 24.8 Å². The first kappa shape index (κ1) is 15.7. The molecule has 0 bridgehead atoms. The van der Waals surface area contributed by atoms with Crippen LogP contribution in [0.1, 0.15) is 16.7 Å². The molecule has 0 aliphatic carbocycles. The Morgan fingerprint density at radius 3 is 2.18 bits per heavy atom. The van der Waals surface area contributed by atoms with Gasteiger partial charge in [-0.15, -0.1) is 0 Å². The van der Waals surface area contributed by atoms with Crippen LogP contribution in [0.25, 0.3) is 12.2 Å². The SMILES string of the molecule is COc1ccc(/C=C/c2cc(O)c(OC)c(CO)c2)cc1O. The Hall–Kier alpha value is -2.66. The van der Waals surface area contributed by atoms with Gasteiger partial charge in [0.05, 0.1) is 20.8 Å². The first-order chi connectivity index (χ1) is 10.6. The fourth-order valence-electron chi connectivity index (χ4n) is 2.15. The van der Waals surface area contributed by atoms with Crippen LogP contribution in [-0.2, 0) is 6.61 Å². The predicted octanol–water partition coefficient (Wildman–Crippen LogP) is 2.78. The van der Waals surface area contributed by atoms with Crippen molar-refractivity contribution in [3.05, 3.63) is 47.0 Å². The highest BCUT2D eigenvalue weighted by Crippen LogP contribution is 2.32. The first-order valence-corrected chi connectivity index (χ1v) is 6.65. The van der Waals surface area contributed by atoms with Gasteiger partial charge < -0.3 is 24.8 Å². The Morgan fingerprint density at radius 1 is 0.909 bits per heavy atom. The lowest BCUT2D eigenvalue weighted by Gasteiger charge is -2.09. The molecular formula is C17H18O5. The van der Waals surface area contributed by atoms with Gasteiger partial charge in [0, 0.05) is 5.56 Å². The summed E-state index contributed by atoms with van der Waals surface area (Å²) in [5.41, 5.74) is 1.98. The fraction of sp³-hybridized carbons (Fsp3) is 0.176. The van der Waals surface area contributed by atoms with Crippen molar-refractivity contribution in [3.8, 4) is 23.0 Å². The zero-order valence-electron chi connectivity index (χ0n) is 12.4. The molecule has 0 fully saturated rings. The number of hydrogen-bond donors (Lipinski definition) is 3. The van der Waals surface area contributed by atoms with E-state index in [0.717, 1.165) is 5.56 Å². The van der Waals surface area contributed by atoms with Crippen molar-refractivity contribution in [1.29, 1.82) is 0 Å². The number of aliphatic hydroxyl groups is 1. The maximum absolute atomic E-state index is 9.89. The first-order valence-electron chi connectivity index (χ1n) is 6.65. The molecule has 2 aromatic rings. The van der Waals surface area contributed by atoms with Crippen LogP contribution in [0, 0.1) is 0 Å². The van der Waals surface area contributed by atoms with Crippen LogP contribution < -0.4 is 9.47 Å². The number of aromatic hydroxyl groups is 2. The van der Waals surface area contributed by atoms with Crippen LogP contribution in [-0.4, -0.2) is 29.5 Å². The fourth-order valence-corrected chi connectivity index (χ4v) is 2.15. The third-order valence-electron chi connectivity index (χ3n) is 3.21. The molecule has 0 aliphatic rings. The van der Waals surface area contributed by atoms with Crippen molar-refractivity contribution in [2.45, 2.75) is 6.61 Å². The van der Waals surface area contributed by atoms with E-state index in [0.29, 0.717) is 16.9 Å². The van der Waals surface area contributed by atoms with Gasteiger partial charge in [0.2, 0.25) is 0 Å². The number of phenolic OH excluding ortho intramolecular Hbond substituents is 2. The maximum atomic E-state index is 9.89. The molecular weight excluding hydrogens is 284 g/mol. The summed E-state index contributed by atoms with van der Waals surface area (Å²) in [6, 6.07) is 8.30. The normalized spacial score (nSPS) is 10.9. The summed E-state index contributed by atoms with van der Waals surface area (Å²) in [4.78, 5) is 0. The second kappa shape index (κ2) is 6.87. The van der Waals surface area contributed by atoms with Gasteiger partial charge in [-0.1, -0.05) is 18.2 Å². The molecule has 0 heterocycles. The Labute approximate surface area is 128 Å². The van der Waals surface area contributed by atoms with Crippen LogP contribution >= 0.6 is 0 Å². The predicted molar refractivity (Wildman–Crippen MR) is 84.2 cm³/mol. The lowest BCUT2D eigenvalue weighted by atomic mass is 10.1. The zero-order valence-corrected chi connectivity index (χ0v) is 12.4. The quantitative estimate of drug-likeness (QED) is 0.740. The summed E-state index contributed by atoms with van der Waals surface area (Å²) < 4.78 is 10.0. The van der Waals surface area contributed by atoms with Gasteiger partial charge in [-0.3, -0.25) is 0 Å². The molecule has 116 valence electrons. The second-order valence-electron chi connectivity index (χ2n) is 4.66. The number of methoxy groups -OCH3 is 2. The molecule has 2 aromatic carbocycles. The van der Waals surface area contributed by atoms with E-state index in [4.69, 9.17) is 9.47 Å². The maximum Gasteiger partial charge on any atom is 0.166 e. The number of phenols is 2. The number of ether oxygens (including phenoxy) is 2. The van der Waals surface area contributed by atoms with E-state index in [-0.39, 0.29) is 23.9 Å². The summed E-state index contributed by atoms with van der Waals surface area (Å²) in [6.07, 6.45) is 3.54. The van der Waals surface area contributed by atoms with Crippen molar-refractivity contribution in [2.24, 2.45) is 0 Å². The highest BCUT2D eigenvalue weighted by Gasteiger charge is 2.09. The van der Waals surface area contributed by atoms with Gasteiger partial charge in [-0.2, -0.15) is 0 Å². The van der Waals surface area contributed by atoms with Crippen LogP contribution in [0.2, 0.25) is 0 Å². The van der Waals surface area contributed by atoms with E-state index >= 15 is 0 Å². The van der Waals surface area contributed by atoms with Gasteiger partial charge in [0.25, 0.3) is 0 Å². The molecule has 0 atom stereocenters. The summed E-state index contributed by atoms with van der Waals surface area (Å²) in [6.45, 7) is -0.234. The lowest BCUT2D eigenvalue weighted by molar-refractivity contribution is 0.270. The standard InChI is InChI=1S/C17H18O5/c1-21-16-6-5-11(8-14(16)19)3-4-12-7-13(10-18)17(22-2)15(20)9-12/h3-9,18-20H,10H2,1-2H3/b4-3+. The third kappa shape index (κ3) is 3.32. The Morgan fingerprint density at radius 2 is 1.59 bits per heavy atom. The number of benzene rings is 2. The van der Waals surface area contributed by atoms with E-state index in [9.17, 15) is 15.3 Å². The Kier molecular flexibility index (Phi) is 4.91. The third-order valence-corrected chi connectivity index (χ3v) is 3.21. The zero-order chi connectivity index (χ0) is 16.1. The summed E-state index contributed by atoms with van der Waals surface area (Å²) in [5.74, 6) is 0.688.